The van der Waals surface area contributed by atoms with E-state index in [2.05, 4.69) is 4.74 Å². The minimum Gasteiger partial charge on any atom is -0.469 e. The Morgan fingerprint density at radius 1 is 1.64 bits per heavy atom. The lowest BCUT2D eigenvalue weighted by Crippen LogP contribution is -2.25. The molecule has 0 aliphatic rings. The van der Waals surface area contributed by atoms with Gasteiger partial charge in [0.05, 0.1) is 19.6 Å². The van der Waals surface area contributed by atoms with Crippen LogP contribution in [-0.4, -0.2) is 27.8 Å². The molecule has 3 atom stereocenters. The summed E-state index contributed by atoms with van der Waals surface area (Å²) in [5, 5.41) is 7.86. The maximum Gasteiger partial charge on any atom is 0.306 e. The van der Waals surface area contributed by atoms with Gasteiger partial charge in [-0.3, -0.25) is 9.00 Å². The Balaban J connectivity index is 4.25. The van der Waals surface area contributed by atoms with Crippen molar-refractivity contribution in [2.24, 2.45) is 0 Å². The normalized spacial score (nSPS) is 16.4. The van der Waals surface area contributed by atoms with Crippen LogP contribution in [0.15, 0.2) is 0 Å². The number of hydrogen-bond acceptors (Lipinski definition) is 4. The van der Waals surface area contributed by atoms with E-state index < -0.39 is 22.0 Å². The second-order valence-corrected chi connectivity index (χ2v) is 4.98. The lowest BCUT2D eigenvalue weighted by atomic mass is 10.3. The van der Waals surface area contributed by atoms with E-state index in [9.17, 15) is 9.00 Å². The van der Waals surface area contributed by atoms with Gasteiger partial charge >= 0.3 is 5.97 Å². The van der Waals surface area contributed by atoms with Gasteiger partial charge in [-0.2, -0.15) is 5.26 Å². The molecule has 0 radical (unpaired) electrons. The van der Waals surface area contributed by atoms with Gasteiger partial charge < -0.3 is 4.74 Å². The summed E-state index contributed by atoms with van der Waals surface area (Å²) < 4.78 is 16.1. The van der Waals surface area contributed by atoms with Gasteiger partial charge in [-0.25, -0.2) is 0 Å². The molecule has 0 saturated carbocycles. The fourth-order valence-electron chi connectivity index (χ4n) is 0.988. The fraction of sp³-hybridized carbons (Fsp3) is 0.778. The fourth-order valence-corrected chi connectivity index (χ4v) is 2.28. The molecule has 80 valence electrons. The van der Waals surface area contributed by atoms with Crippen LogP contribution in [0.1, 0.15) is 26.7 Å². The lowest BCUT2D eigenvalue weighted by Gasteiger charge is -2.12. The van der Waals surface area contributed by atoms with E-state index in [1.165, 1.54) is 7.11 Å². The predicted octanol–water partition coefficient (Wildman–Crippen LogP) is 0.989. The molecule has 0 spiro atoms. The summed E-state index contributed by atoms with van der Waals surface area (Å²) in [6.07, 6.45) is 0.635. The standard InChI is InChI=1S/C9H15NO3S/c1-4-8(6-10)14(12)7(2)5-9(11)13-3/h7-8H,4-5H2,1-3H3. The summed E-state index contributed by atoms with van der Waals surface area (Å²) in [6, 6.07) is 1.97. The summed E-state index contributed by atoms with van der Waals surface area (Å²) >= 11 is 0. The zero-order valence-electron chi connectivity index (χ0n) is 8.65. The Morgan fingerprint density at radius 3 is 2.57 bits per heavy atom. The van der Waals surface area contributed by atoms with E-state index in [-0.39, 0.29) is 11.7 Å². The summed E-state index contributed by atoms with van der Waals surface area (Å²) in [4.78, 5) is 10.9. The summed E-state index contributed by atoms with van der Waals surface area (Å²) in [5.41, 5.74) is 0. The van der Waals surface area contributed by atoms with Crippen molar-refractivity contribution < 1.29 is 13.7 Å². The topological polar surface area (TPSA) is 67.2 Å². The maximum absolute atomic E-state index is 11.6. The molecule has 14 heavy (non-hydrogen) atoms. The van der Waals surface area contributed by atoms with Gasteiger partial charge in [0.15, 0.2) is 0 Å². The molecule has 0 aromatic heterocycles. The van der Waals surface area contributed by atoms with E-state index in [4.69, 9.17) is 5.26 Å². The third-order valence-electron chi connectivity index (χ3n) is 1.87. The highest BCUT2D eigenvalue weighted by Gasteiger charge is 2.22. The SMILES string of the molecule is CCC(C#N)S(=O)C(C)CC(=O)OC. The van der Waals surface area contributed by atoms with Crippen molar-refractivity contribution in [3.8, 4) is 6.07 Å². The molecular formula is C9H15NO3S. The molecule has 4 nitrogen and oxygen atoms in total. The third kappa shape index (κ3) is 3.88. The smallest absolute Gasteiger partial charge is 0.306 e. The first-order chi connectivity index (χ1) is 6.56. The monoisotopic (exact) mass is 217 g/mol. The molecule has 0 rings (SSSR count). The van der Waals surface area contributed by atoms with E-state index in [1.54, 1.807) is 13.8 Å². The minimum absolute atomic E-state index is 0.0985. The minimum atomic E-state index is -1.29. The zero-order chi connectivity index (χ0) is 11.1. The van der Waals surface area contributed by atoms with E-state index in [0.29, 0.717) is 6.42 Å². The molecule has 0 heterocycles. The Kier molecular flexibility index (Phi) is 6.13. The van der Waals surface area contributed by atoms with Crippen molar-refractivity contribution in [3.63, 3.8) is 0 Å². The van der Waals surface area contributed by atoms with Crippen molar-refractivity contribution in [2.45, 2.75) is 37.2 Å². The molecule has 0 aliphatic carbocycles. The number of hydrogen-bond donors (Lipinski definition) is 0. The third-order valence-corrected chi connectivity index (χ3v) is 3.83. The zero-order valence-corrected chi connectivity index (χ0v) is 9.47. The number of nitriles is 1. The maximum atomic E-state index is 11.6. The first-order valence-corrected chi connectivity index (χ1v) is 5.70. The molecule has 0 fully saturated rings. The molecule has 3 unspecified atom stereocenters. The van der Waals surface area contributed by atoms with E-state index in [0.717, 1.165) is 0 Å². The van der Waals surface area contributed by atoms with Crippen LogP contribution >= 0.6 is 0 Å². The van der Waals surface area contributed by atoms with Crippen LogP contribution in [0.4, 0.5) is 0 Å². The van der Waals surface area contributed by atoms with Crippen LogP contribution in [0.2, 0.25) is 0 Å². The Hall–Kier alpha value is -0.890. The number of carbonyl (C=O) groups excluding carboxylic acids is 1. The second-order valence-electron chi connectivity index (χ2n) is 2.95. The first-order valence-electron chi connectivity index (χ1n) is 4.42. The van der Waals surface area contributed by atoms with Crippen molar-refractivity contribution in [1.29, 1.82) is 5.26 Å². The van der Waals surface area contributed by atoms with E-state index in [1.807, 2.05) is 6.07 Å². The Bertz CT molecular complexity index is 259. The largest absolute Gasteiger partial charge is 0.469 e. The number of esters is 1. The van der Waals surface area contributed by atoms with Crippen LogP contribution in [0.5, 0.6) is 0 Å². The van der Waals surface area contributed by atoms with Gasteiger partial charge in [0.1, 0.15) is 5.25 Å². The Morgan fingerprint density at radius 2 is 2.21 bits per heavy atom. The molecule has 0 amide bonds. The highest BCUT2D eigenvalue weighted by Crippen LogP contribution is 2.10. The summed E-state index contributed by atoms with van der Waals surface area (Å²) in [7, 11) is 0.00451. The van der Waals surface area contributed by atoms with Crippen LogP contribution in [0.25, 0.3) is 0 Å². The number of methoxy groups -OCH3 is 1. The quantitative estimate of drug-likeness (QED) is 0.644. The Labute approximate surface area is 86.7 Å². The number of ether oxygens (including phenoxy) is 1. The van der Waals surface area contributed by atoms with Gasteiger partial charge in [-0.05, 0) is 6.42 Å². The van der Waals surface area contributed by atoms with Crippen molar-refractivity contribution in [1.82, 2.24) is 0 Å². The molecule has 0 aromatic carbocycles. The van der Waals surface area contributed by atoms with Gasteiger partial charge in [-0.15, -0.1) is 0 Å². The van der Waals surface area contributed by atoms with Crippen molar-refractivity contribution in [3.05, 3.63) is 0 Å². The average Bonchev–Trinajstić information content (AvgIpc) is 2.19. The van der Waals surface area contributed by atoms with Gasteiger partial charge in [-0.1, -0.05) is 13.8 Å². The summed E-state index contributed by atoms with van der Waals surface area (Å²) in [5.74, 6) is -0.390. The molecule has 0 bridgehead atoms. The van der Waals surface area contributed by atoms with Crippen LogP contribution < -0.4 is 0 Å². The van der Waals surface area contributed by atoms with Crippen LogP contribution in [0.3, 0.4) is 0 Å². The van der Waals surface area contributed by atoms with E-state index >= 15 is 0 Å². The number of carbonyl (C=O) groups is 1. The molecule has 0 N–H and O–H groups in total. The van der Waals surface area contributed by atoms with Crippen LogP contribution in [-0.2, 0) is 20.3 Å². The molecule has 0 saturated heterocycles. The molecular weight excluding hydrogens is 202 g/mol. The van der Waals surface area contributed by atoms with Gasteiger partial charge in [0, 0.05) is 16.0 Å². The second kappa shape index (κ2) is 6.55. The highest BCUT2D eigenvalue weighted by atomic mass is 32.2. The molecule has 5 heteroatoms. The number of nitrogens with zero attached hydrogens (tertiary/aromatic N) is 1. The first kappa shape index (κ1) is 13.1. The van der Waals surface area contributed by atoms with Crippen molar-refractivity contribution >= 4 is 16.8 Å². The highest BCUT2D eigenvalue weighted by molar-refractivity contribution is 7.86. The number of rotatable bonds is 5. The molecule has 0 aliphatic heterocycles. The lowest BCUT2D eigenvalue weighted by molar-refractivity contribution is -0.140. The van der Waals surface area contributed by atoms with Gasteiger partial charge in [0.25, 0.3) is 0 Å². The van der Waals surface area contributed by atoms with Crippen molar-refractivity contribution in [2.75, 3.05) is 7.11 Å². The van der Waals surface area contributed by atoms with Gasteiger partial charge in [0.2, 0.25) is 0 Å². The summed E-state index contributed by atoms with van der Waals surface area (Å²) in [6.45, 7) is 3.49. The molecule has 0 aromatic rings. The predicted molar refractivity (Wildman–Crippen MR) is 53.9 cm³/mol. The van der Waals surface area contributed by atoms with Crippen LogP contribution in [0, 0.1) is 11.3 Å². The average molecular weight is 217 g/mol.